The molecule has 0 aromatic heterocycles. The largest absolute Gasteiger partial charge is 0.478 e. The van der Waals surface area contributed by atoms with Gasteiger partial charge in [0.1, 0.15) is 0 Å². The highest BCUT2D eigenvalue weighted by Gasteiger charge is 2.28. The quantitative estimate of drug-likeness (QED) is 0.778. The van der Waals surface area contributed by atoms with Crippen LogP contribution in [-0.4, -0.2) is 23.0 Å². The standard InChI is InChI=1S/C14H20N2O3/c1-8-6-5-7-9(10(8)13(18)19)16-12(17)11(15)14(2,3)4/h5-7,11H,15H2,1-4H3,(H,16,17)(H,18,19). The van der Waals surface area contributed by atoms with Gasteiger partial charge in [0.15, 0.2) is 0 Å². The van der Waals surface area contributed by atoms with Gasteiger partial charge < -0.3 is 16.2 Å². The van der Waals surface area contributed by atoms with Crippen LogP contribution in [0.5, 0.6) is 0 Å². The number of carbonyl (C=O) groups is 2. The van der Waals surface area contributed by atoms with Crippen LogP contribution < -0.4 is 11.1 Å². The number of aryl methyl sites for hydroxylation is 1. The molecule has 1 atom stereocenters. The number of rotatable bonds is 3. The number of nitrogens with two attached hydrogens (primary N) is 1. The molecule has 0 spiro atoms. The van der Waals surface area contributed by atoms with E-state index in [0.29, 0.717) is 5.56 Å². The molecule has 0 fully saturated rings. The summed E-state index contributed by atoms with van der Waals surface area (Å²) < 4.78 is 0. The van der Waals surface area contributed by atoms with Gasteiger partial charge in [-0.25, -0.2) is 4.79 Å². The van der Waals surface area contributed by atoms with Gasteiger partial charge in [-0.3, -0.25) is 4.79 Å². The highest BCUT2D eigenvalue weighted by molar-refractivity contribution is 6.03. The van der Waals surface area contributed by atoms with Gasteiger partial charge in [-0.1, -0.05) is 32.9 Å². The fourth-order valence-electron chi connectivity index (χ4n) is 1.66. The Morgan fingerprint density at radius 1 is 1.32 bits per heavy atom. The van der Waals surface area contributed by atoms with Gasteiger partial charge in [0.2, 0.25) is 5.91 Å². The average Bonchev–Trinajstić information content (AvgIpc) is 2.26. The Morgan fingerprint density at radius 2 is 1.89 bits per heavy atom. The molecule has 0 aliphatic carbocycles. The maximum atomic E-state index is 12.0. The van der Waals surface area contributed by atoms with Crippen molar-refractivity contribution in [2.24, 2.45) is 11.1 Å². The molecule has 1 aromatic carbocycles. The summed E-state index contributed by atoms with van der Waals surface area (Å²) in [6.45, 7) is 7.24. The van der Waals surface area contributed by atoms with Crippen molar-refractivity contribution in [2.45, 2.75) is 33.7 Å². The minimum absolute atomic E-state index is 0.0944. The second kappa shape index (κ2) is 5.40. The number of nitrogens with one attached hydrogen (secondary N) is 1. The Bertz CT molecular complexity index is 504. The molecule has 1 unspecified atom stereocenters. The Hall–Kier alpha value is -1.88. The minimum atomic E-state index is -1.07. The van der Waals surface area contributed by atoms with E-state index in [0.717, 1.165) is 0 Å². The van der Waals surface area contributed by atoms with Gasteiger partial charge in [-0.05, 0) is 24.0 Å². The molecule has 0 saturated carbocycles. The number of carboxylic acid groups (broad SMARTS) is 1. The summed E-state index contributed by atoms with van der Waals surface area (Å²) >= 11 is 0. The number of hydrogen-bond donors (Lipinski definition) is 3. The van der Waals surface area contributed by atoms with Gasteiger partial charge >= 0.3 is 5.97 Å². The normalized spacial score (nSPS) is 12.9. The smallest absolute Gasteiger partial charge is 0.338 e. The molecule has 0 aliphatic rings. The summed E-state index contributed by atoms with van der Waals surface area (Å²) in [7, 11) is 0. The summed E-state index contributed by atoms with van der Waals surface area (Å²) in [6.07, 6.45) is 0. The van der Waals surface area contributed by atoms with E-state index < -0.39 is 17.4 Å². The van der Waals surface area contributed by atoms with Crippen LogP contribution in [0.1, 0.15) is 36.7 Å². The molecular formula is C14H20N2O3. The molecule has 104 valence electrons. The third-order valence-electron chi connectivity index (χ3n) is 2.96. The van der Waals surface area contributed by atoms with Crippen LogP contribution in [0.4, 0.5) is 5.69 Å². The number of anilines is 1. The lowest BCUT2D eigenvalue weighted by Gasteiger charge is -2.26. The first-order valence-corrected chi connectivity index (χ1v) is 6.04. The lowest BCUT2D eigenvalue weighted by Crippen LogP contribution is -2.45. The van der Waals surface area contributed by atoms with E-state index in [-0.39, 0.29) is 17.2 Å². The van der Waals surface area contributed by atoms with E-state index >= 15 is 0 Å². The lowest BCUT2D eigenvalue weighted by atomic mass is 9.87. The molecule has 0 bridgehead atoms. The molecule has 4 N–H and O–H groups in total. The van der Waals surface area contributed by atoms with Crippen LogP contribution in [0.15, 0.2) is 18.2 Å². The van der Waals surface area contributed by atoms with Crippen LogP contribution >= 0.6 is 0 Å². The van der Waals surface area contributed by atoms with Crippen LogP contribution in [0.2, 0.25) is 0 Å². The Kier molecular flexibility index (Phi) is 4.32. The Morgan fingerprint density at radius 3 is 2.37 bits per heavy atom. The van der Waals surface area contributed by atoms with E-state index in [1.807, 2.05) is 20.8 Å². The van der Waals surface area contributed by atoms with Gasteiger partial charge in [0.25, 0.3) is 0 Å². The summed E-state index contributed by atoms with van der Waals surface area (Å²) in [6, 6.07) is 4.22. The highest BCUT2D eigenvalue weighted by Crippen LogP contribution is 2.22. The molecule has 0 saturated heterocycles. The molecule has 1 rings (SSSR count). The van der Waals surface area contributed by atoms with Crippen molar-refractivity contribution in [1.29, 1.82) is 0 Å². The predicted molar refractivity (Wildman–Crippen MR) is 74.2 cm³/mol. The molecule has 1 amide bonds. The van der Waals surface area contributed by atoms with E-state index in [1.54, 1.807) is 25.1 Å². The SMILES string of the molecule is Cc1cccc(NC(=O)C(N)C(C)(C)C)c1C(=O)O. The minimum Gasteiger partial charge on any atom is -0.478 e. The summed E-state index contributed by atoms with van der Waals surface area (Å²) in [5, 5.41) is 11.8. The van der Waals surface area contributed by atoms with E-state index in [4.69, 9.17) is 5.73 Å². The molecule has 0 aliphatic heterocycles. The fourth-order valence-corrected chi connectivity index (χ4v) is 1.66. The maximum absolute atomic E-state index is 12.0. The van der Waals surface area contributed by atoms with Gasteiger partial charge in [-0.2, -0.15) is 0 Å². The third-order valence-corrected chi connectivity index (χ3v) is 2.96. The highest BCUT2D eigenvalue weighted by atomic mass is 16.4. The molecule has 0 radical (unpaired) electrons. The molecule has 5 nitrogen and oxygen atoms in total. The summed E-state index contributed by atoms with van der Waals surface area (Å²) in [5.41, 5.74) is 6.42. The lowest BCUT2D eigenvalue weighted by molar-refractivity contribution is -0.119. The zero-order chi connectivity index (χ0) is 14.8. The topological polar surface area (TPSA) is 92.4 Å². The molecule has 1 aromatic rings. The molecule has 5 heteroatoms. The van der Waals surface area contributed by atoms with Gasteiger partial charge in [0.05, 0.1) is 17.3 Å². The van der Waals surface area contributed by atoms with Crippen molar-refractivity contribution in [3.8, 4) is 0 Å². The monoisotopic (exact) mass is 264 g/mol. The van der Waals surface area contributed by atoms with E-state index in [2.05, 4.69) is 5.32 Å². The van der Waals surface area contributed by atoms with Crippen molar-refractivity contribution in [2.75, 3.05) is 5.32 Å². The summed E-state index contributed by atoms with van der Waals surface area (Å²) in [4.78, 5) is 23.2. The number of carboxylic acids is 1. The van der Waals surface area contributed by atoms with Crippen LogP contribution in [-0.2, 0) is 4.79 Å². The van der Waals surface area contributed by atoms with Crippen molar-refractivity contribution in [3.05, 3.63) is 29.3 Å². The zero-order valence-electron chi connectivity index (χ0n) is 11.7. The van der Waals surface area contributed by atoms with Gasteiger partial charge in [-0.15, -0.1) is 0 Å². The van der Waals surface area contributed by atoms with Crippen molar-refractivity contribution in [3.63, 3.8) is 0 Å². The molecular weight excluding hydrogens is 244 g/mol. The van der Waals surface area contributed by atoms with Crippen molar-refractivity contribution < 1.29 is 14.7 Å². The zero-order valence-corrected chi connectivity index (χ0v) is 11.7. The number of carbonyl (C=O) groups excluding carboxylic acids is 1. The predicted octanol–water partition coefficient (Wildman–Crippen LogP) is 2.01. The summed E-state index contributed by atoms with van der Waals surface area (Å²) in [5.74, 6) is -1.46. The van der Waals surface area contributed by atoms with Gasteiger partial charge in [0, 0.05) is 0 Å². The first-order valence-electron chi connectivity index (χ1n) is 6.04. The van der Waals surface area contributed by atoms with Crippen LogP contribution in [0, 0.1) is 12.3 Å². The van der Waals surface area contributed by atoms with E-state index in [9.17, 15) is 14.7 Å². The first kappa shape index (κ1) is 15.2. The number of aromatic carboxylic acids is 1. The second-order valence-electron chi connectivity index (χ2n) is 5.64. The molecule has 0 heterocycles. The Labute approximate surface area is 112 Å². The third kappa shape index (κ3) is 3.54. The number of amides is 1. The van der Waals surface area contributed by atoms with Crippen LogP contribution in [0.25, 0.3) is 0 Å². The Balaban J connectivity index is 3.04. The van der Waals surface area contributed by atoms with Crippen molar-refractivity contribution in [1.82, 2.24) is 0 Å². The average molecular weight is 264 g/mol. The van der Waals surface area contributed by atoms with E-state index in [1.165, 1.54) is 0 Å². The number of benzene rings is 1. The number of hydrogen-bond acceptors (Lipinski definition) is 3. The van der Waals surface area contributed by atoms with Crippen molar-refractivity contribution >= 4 is 17.6 Å². The fraction of sp³-hybridized carbons (Fsp3) is 0.429. The second-order valence-corrected chi connectivity index (χ2v) is 5.64. The molecule has 19 heavy (non-hydrogen) atoms. The first-order chi connectivity index (χ1) is 8.64. The maximum Gasteiger partial charge on any atom is 0.338 e. The van der Waals surface area contributed by atoms with Crippen LogP contribution in [0.3, 0.4) is 0 Å².